The molecular weight excluding hydrogens is 461 g/mol. The van der Waals surface area contributed by atoms with E-state index in [9.17, 15) is 22.8 Å². The molecular formula is C22H19F3N2O5S. The Kier molecular flexibility index (Phi) is 7.54. The third-order valence-electron chi connectivity index (χ3n) is 4.43. The number of halogens is 3. The van der Waals surface area contributed by atoms with Crippen LogP contribution < -0.4 is 14.8 Å². The van der Waals surface area contributed by atoms with Crippen LogP contribution in [0.15, 0.2) is 47.8 Å². The number of carbonyl (C=O) groups is 2. The molecule has 3 aromatic rings. The van der Waals surface area contributed by atoms with Gasteiger partial charge in [-0.2, -0.15) is 13.2 Å². The van der Waals surface area contributed by atoms with E-state index < -0.39 is 30.2 Å². The second-order valence-corrected chi connectivity index (χ2v) is 7.46. The van der Waals surface area contributed by atoms with Crippen molar-refractivity contribution in [2.75, 3.05) is 20.8 Å². The standard InChI is InChI=1S/C22H19F3N2O5S/c1-30-17-5-3-4-16(19(17)31-2)21-27-15(12-33-21)11-32-18(28)10-26-20(29)13-6-8-14(9-7-13)22(23,24)25/h3-9,12H,10-11H2,1-2H3,(H,26,29). The van der Waals surface area contributed by atoms with Crippen molar-refractivity contribution in [1.29, 1.82) is 0 Å². The van der Waals surface area contributed by atoms with Gasteiger partial charge in [0.2, 0.25) is 0 Å². The number of benzene rings is 2. The molecule has 0 saturated heterocycles. The van der Waals surface area contributed by atoms with Gasteiger partial charge in [-0.05, 0) is 36.4 Å². The van der Waals surface area contributed by atoms with Gasteiger partial charge in [-0.3, -0.25) is 9.59 Å². The fourth-order valence-electron chi connectivity index (χ4n) is 2.82. The van der Waals surface area contributed by atoms with Gasteiger partial charge in [-0.25, -0.2) is 4.98 Å². The number of hydrogen-bond acceptors (Lipinski definition) is 7. The van der Waals surface area contributed by atoms with Gasteiger partial charge in [0.25, 0.3) is 5.91 Å². The second-order valence-electron chi connectivity index (χ2n) is 6.60. The van der Waals surface area contributed by atoms with Crippen LogP contribution in [0.3, 0.4) is 0 Å². The first kappa shape index (κ1) is 24.1. The minimum atomic E-state index is -4.49. The fourth-order valence-corrected chi connectivity index (χ4v) is 3.65. The van der Waals surface area contributed by atoms with Crippen LogP contribution in [-0.2, 0) is 22.3 Å². The highest BCUT2D eigenvalue weighted by Crippen LogP contribution is 2.39. The van der Waals surface area contributed by atoms with E-state index in [1.54, 1.807) is 17.5 Å². The molecule has 174 valence electrons. The van der Waals surface area contributed by atoms with E-state index >= 15 is 0 Å². The van der Waals surface area contributed by atoms with E-state index in [1.807, 2.05) is 6.07 Å². The van der Waals surface area contributed by atoms with Crippen molar-refractivity contribution in [2.45, 2.75) is 12.8 Å². The van der Waals surface area contributed by atoms with Gasteiger partial charge in [0, 0.05) is 10.9 Å². The Bertz CT molecular complexity index is 1130. The Morgan fingerprint density at radius 1 is 1.06 bits per heavy atom. The highest BCUT2D eigenvalue weighted by molar-refractivity contribution is 7.13. The molecule has 33 heavy (non-hydrogen) atoms. The van der Waals surface area contributed by atoms with Crippen molar-refractivity contribution in [3.63, 3.8) is 0 Å². The van der Waals surface area contributed by atoms with Crippen LogP contribution in [0.25, 0.3) is 10.6 Å². The van der Waals surface area contributed by atoms with Crippen molar-refractivity contribution in [1.82, 2.24) is 10.3 Å². The van der Waals surface area contributed by atoms with Crippen molar-refractivity contribution in [3.05, 3.63) is 64.7 Å². The number of nitrogens with one attached hydrogen (secondary N) is 1. The molecule has 0 fully saturated rings. The number of thiazole rings is 1. The predicted molar refractivity (Wildman–Crippen MR) is 114 cm³/mol. The minimum Gasteiger partial charge on any atom is -0.493 e. The third-order valence-corrected chi connectivity index (χ3v) is 5.36. The number of para-hydroxylation sites is 1. The third kappa shape index (κ3) is 6.01. The van der Waals surface area contributed by atoms with Gasteiger partial charge in [0.15, 0.2) is 11.5 Å². The average Bonchev–Trinajstić information content (AvgIpc) is 3.29. The van der Waals surface area contributed by atoms with Gasteiger partial charge in [-0.15, -0.1) is 11.3 Å². The number of carbonyl (C=O) groups excluding carboxylic acids is 2. The zero-order valence-corrected chi connectivity index (χ0v) is 18.4. The molecule has 2 aromatic carbocycles. The van der Waals surface area contributed by atoms with E-state index in [0.717, 1.165) is 29.8 Å². The highest BCUT2D eigenvalue weighted by Gasteiger charge is 2.30. The van der Waals surface area contributed by atoms with Gasteiger partial charge in [-0.1, -0.05) is 6.07 Å². The summed E-state index contributed by atoms with van der Waals surface area (Å²) >= 11 is 1.33. The molecule has 0 saturated carbocycles. The largest absolute Gasteiger partial charge is 0.493 e. The van der Waals surface area contributed by atoms with E-state index in [-0.39, 0.29) is 12.2 Å². The van der Waals surface area contributed by atoms with Gasteiger partial charge >= 0.3 is 12.1 Å². The first-order valence-corrected chi connectivity index (χ1v) is 10.4. The summed E-state index contributed by atoms with van der Waals surface area (Å²) in [7, 11) is 3.06. The van der Waals surface area contributed by atoms with Crippen molar-refractivity contribution in [3.8, 4) is 22.1 Å². The fraction of sp³-hybridized carbons (Fsp3) is 0.227. The van der Waals surface area contributed by atoms with Crippen LogP contribution in [0.5, 0.6) is 11.5 Å². The first-order valence-electron chi connectivity index (χ1n) is 9.49. The topological polar surface area (TPSA) is 86.8 Å². The molecule has 0 aliphatic rings. The van der Waals surface area contributed by atoms with Crippen LogP contribution in [0.4, 0.5) is 13.2 Å². The first-order chi connectivity index (χ1) is 15.7. The Labute approximate surface area is 191 Å². The summed E-state index contributed by atoms with van der Waals surface area (Å²) in [5.41, 5.74) is 0.352. The van der Waals surface area contributed by atoms with Gasteiger partial charge in [0.05, 0.1) is 31.0 Å². The minimum absolute atomic E-state index is 0.00724. The summed E-state index contributed by atoms with van der Waals surface area (Å²) in [6, 6.07) is 9.05. The molecule has 0 radical (unpaired) electrons. The molecule has 11 heteroatoms. The molecule has 1 N–H and O–H groups in total. The summed E-state index contributed by atoms with van der Waals surface area (Å²) in [5.74, 6) is -0.323. The van der Waals surface area contributed by atoms with Crippen LogP contribution in [-0.4, -0.2) is 37.6 Å². The summed E-state index contributed by atoms with van der Waals surface area (Å²) in [6.07, 6.45) is -4.49. The Morgan fingerprint density at radius 3 is 2.42 bits per heavy atom. The molecule has 0 bridgehead atoms. The zero-order valence-electron chi connectivity index (χ0n) is 17.6. The molecule has 1 heterocycles. The highest BCUT2D eigenvalue weighted by atomic mass is 32.1. The SMILES string of the molecule is COc1cccc(-c2nc(COC(=O)CNC(=O)c3ccc(C(F)(F)F)cc3)cs2)c1OC. The Morgan fingerprint density at radius 2 is 1.79 bits per heavy atom. The monoisotopic (exact) mass is 480 g/mol. The smallest absolute Gasteiger partial charge is 0.416 e. The number of methoxy groups -OCH3 is 2. The lowest BCUT2D eigenvalue weighted by Crippen LogP contribution is -2.30. The number of ether oxygens (including phenoxy) is 3. The lowest BCUT2D eigenvalue weighted by Gasteiger charge is -2.10. The maximum Gasteiger partial charge on any atom is 0.416 e. The van der Waals surface area contributed by atoms with Crippen LogP contribution in [0, 0.1) is 0 Å². The maximum absolute atomic E-state index is 12.6. The number of nitrogens with zero attached hydrogens (tertiary/aromatic N) is 1. The number of rotatable bonds is 8. The maximum atomic E-state index is 12.6. The Balaban J connectivity index is 1.53. The number of aromatic nitrogens is 1. The molecule has 0 aliphatic carbocycles. The molecule has 0 atom stereocenters. The molecule has 1 aromatic heterocycles. The lowest BCUT2D eigenvalue weighted by atomic mass is 10.1. The lowest BCUT2D eigenvalue weighted by molar-refractivity contribution is -0.143. The van der Waals surface area contributed by atoms with E-state index in [0.29, 0.717) is 22.2 Å². The zero-order chi connectivity index (χ0) is 24.0. The van der Waals surface area contributed by atoms with Crippen LogP contribution in [0.1, 0.15) is 21.6 Å². The molecule has 0 spiro atoms. The number of hydrogen-bond donors (Lipinski definition) is 1. The van der Waals surface area contributed by atoms with Crippen molar-refractivity contribution < 1.29 is 37.0 Å². The van der Waals surface area contributed by atoms with Crippen LogP contribution in [0.2, 0.25) is 0 Å². The van der Waals surface area contributed by atoms with Crippen molar-refractivity contribution >= 4 is 23.2 Å². The van der Waals surface area contributed by atoms with Gasteiger partial charge in [0.1, 0.15) is 18.2 Å². The second kappa shape index (κ2) is 10.3. The van der Waals surface area contributed by atoms with E-state index in [4.69, 9.17) is 14.2 Å². The molecule has 0 aliphatic heterocycles. The number of esters is 1. The summed E-state index contributed by atoms with van der Waals surface area (Å²) in [5, 5.41) is 4.68. The Hall–Kier alpha value is -3.60. The quantitative estimate of drug-likeness (QED) is 0.484. The molecule has 7 nitrogen and oxygen atoms in total. The summed E-state index contributed by atoms with van der Waals surface area (Å²) < 4.78 is 53.6. The average molecular weight is 480 g/mol. The molecule has 1 amide bonds. The van der Waals surface area contributed by atoms with Crippen LogP contribution >= 0.6 is 11.3 Å². The molecule has 0 unspecified atom stereocenters. The predicted octanol–water partition coefficient (Wildman–Crippen LogP) is 4.32. The summed E-state index contributed by atoms with van der Waals surface area (Å²) in [6.45, 7) is -0.557. The normalized spacial score (nSPS) is 11.1. The van der Waals surface area contributed by atoms with Crippen molar-refractivity contribution in [2.24, 2.45) is 0 Å². The number of amides is 1. The van der Waals surface area contributed by atoms with Gasteiger partial charge < -0.3 is 19.5 Å². The molecule has 3 rings (SSSR count). The van der Waals surface area contributed by atoms with E-state index in [1.165, 1.54) is 25.6 Å². The van der Waals surface area contributed by atoms with E-state index in [2.05, 4.69) is 10.3 Å². The number of alkyl halides is 3. The summed E-state index contributed by atoms with van der Waals surface area (Å²) in [4.78, 5) is 28.4.